The second-order valence-corrected chi connectivity index (χ2v) is 6.48. The van der Waals surface area contributed by atoms with Gasteiger partial charge in [0.2, 0.25) is 0 Å². The Labute approximate surface area is 157 Å². The Bertz CT molecular complexity index is 764. The quantitative estimate of drug-likeness (QED) is 0.511. The number of carbonyl (C=O) groups is 1. The lowest BCUT2D eigenvalue weighted by Gasteiger charge is -2.25. The molecular weight excluding hydrogens is 381 g/mol. The van der Waals surface area contributed by atoms with Crippen LogP contribution in [0.5, 0.6) is 0 Å². The molecule has 8 heteroatoms. The number of hydrogen-bond donors (Lipinski definition) is 1. The molecule has 2 rings (SSSR count). The van der Waals surface area contributed by atoms with Crippen LogP contribution in [0.1, 0.15) is 21.5 Å². The minimum atomic E-state index is -4.15. The largest absolute Gasteiger partial charge is 0.380 e. The Morgan fingerprint density at radius 2 is 1.52 bits per heavy atom. The van der Waals surface area contributed by atoms with Gasteiger partial charge in [0, 0.05) is 30.9 Å². The SMILES string of the molecule is COCc1ccc(C(=O)Nc2ccc(CC(F)(F)C(F)(F)CP)cc2)cc1. The molecule has 2 aromatic carbocycles. The number of hydrogen-bond acceptors (Lipinski definition) is 2. The predicted octanol–water partition coefficient (Wildman–Crippen LogP) is 4.77. The lowest BCUT2D eigenvalue weighted by atomic mass is 10.0. The van der Waals surface area contributed by atoms with Crippen LogP contribution in [0.2, 0.25) is 0 Å². The molecule has 3 nitrogen and oxygen atoms in total. The molecule has 27 heavy (non-hydrogen) atoms. The van der Waals surface area contributed by atoms with Gasteiger partial charge < -0.3 is 10.1 Å². The van der Waals surface area contributed by atoms with Gasteiger partial charge in [-0.15, -0.1) is 9.24 Å². The average molecular weight is 401 g/mol. The molecule has 0 bridgehead atoms. The number of methoxy groups -OCH3 is 1. The summed E-state index contributed by atoms with van der Waals surface area (Å²) in [6.45, 7) is 0.434. The van der Waals surface area contributed by atoms with Crippen molar-refractivity contribution in [1.82, 2.24) is 0 Å². The van der Waals surface area contributed by atoms with Gasteiger partial charge in [-0.1, -0.05) is 24.3 Å². The summed E-state index contributed by atoms with van der Waals surface area (Å²) in [6.07, 6.45) is -2.10. The van der Waals surface area contributed by atoms with E-state index in [2.05, 4.69) is 5.32 Å². The Kier molecular flexibility index (Phi) is 6.95. The summed E-state index contributed by atoms with van der Waals surface area (Å²) in [6, 6.07) is 12.2. The molecule has 1 unspecified atom stereocenters. The molecule has 1 N–H and O–H groups in total. The summed E-state index contributed by atoms with van der Waals surface area (Å²) in [4.78, 5) is 12.2. The fraction of sp³-hybridized carbons (Fsp3) is 0.316. The number of halogens is 4. The second kappa shape index (κ2) is 8.81. The van der Waals surface area contributed by atoms with E-state index in [0.717, 1.165) is 5.56 Å². The zero-order valence-electron chi connectivity index (χ0n) is 14.6. The van der Waals surface area contributed by atoms with Crippen LogP contribution >= 0.6 is 9.24 Å². The molecule has 0 heterocycles. The van der Waals surface area contributed by atoms with Gasteiger partial charge in [-0.25, -0.2) is 0 Å². The first-order chi connectivity index (χ1) is 12.7. The van der Waals surface area contributed by atoms with Gasteiger partial charge in [0.05, 0.1) is 6.61 Å². The van der Waals surface area contributed by atoms with Crippen molar-refractivity contribution in [3.05, 3.63) is 65.2 Å². The molecule has 0 aromatic heterocycles. The molecule has 0 radical (unpaired) electrons. The third-order valence-corrected chi connectivity index (χ3v) is 4.47. The smallest absolute Gasteiger partial charge is 0.314 e. The van der Waals surface area contributed by atoms with E-state index in [1.807, 2.05) is 0 Å². The average Bonchev–Trinajstić information content (AvgIpc) is 2.63. The van der Waals surface area contributed by atoms with Crippen molar-refractivity contribution >= 4 is 20.8 Å². The maximum Gasteiger partial charge on any atom is 0.314 e. The summed E-state index contributed by atoms with van der Waals surface area (Å²) in [5, 5.41) is 2.63. The Morgan fingerprint density at radius 1 is 0.963 bits per heavy atom. The fourth-order valence-corrected chi connectivity index (χ4v) is 2.66. The van der Waals surface area contributed by atoms with E-state index in [4.69, 9.17) is 4.74 Å². The van der Waals surface area contributed by atoms with E-state index in [9.17, 15) is 22.4 Å². The fourth-order valence-electron chi connectivity index (χ4n) is 2.36. The molecule has 0 aliphatic heterocycles. The van der Waals surface area contributed by atoms with E-state index < -0.39 is 24.4 Å². The van der Waals surface area contributed by atoms with Crippen molar-refractivity contribution in [2.45, 2.75) is 24.9 Å². The van der Waals surface area contributed by atoms with Gasteiger partial charge in [-0.3, -0.25) is 4.79 Å². The number of rotatable bonds is 8. The van der Waals surface area contributed by atoms with Crippen molar-refractivity contribution < 1.29 is 27.1 Å². The van der Waals surface area contributed by atoms with E-state index in [-0.39, 0.29) is 11.5 Å². The molecule has 0 aliphatic carbocycles. The maximum atomic E-state index is 13.7. The van der Waals surface area contributed by atoms with Crippen LogP contribution in [-0.4, -0.2) is 31.0 Å². The number of ether oxygens (including phenoxy) is 1. The van der Waals surface area contributed by atoms with Crippen LogP contribution < -0.4 is 5.32 Å². The predicted molar refractivity (Wildman–Crippen MR) is 99.7 cm³/mol. The first-order valence-corrected chi connectivity index (χ1v) is 8.94. The van der Waals surface area contributed by atoms with Crippen LogP contribution in [0.15, 0.2) is 48.5 Å². The van der Waals surface area contributed by atoms with E-state index in [1.54, 1.807) is 40.6 Å². The standard InChI is InChI=1S/C19H20F4NO2P/c1-26-11-14-2-6-15(7-3-14)17(25)24-16-8-4-13(5-9-16)10-18(20,21)19(22,23)12-27/h2-9H,10-12,27H2,1H3,(H,24,25). The monoisotopic (exact) mass is 401 g/mol. The molecule has 0 saturated heterocycles. The van der Waals surface area contributed by atoms with Crippen LogP contribution in [0.4, 0.5) is 23.2 Å². The third-order valence-electron chi connectivity index (χ3n) is 3.96. The summed E-state index contributed by atoms with van der Waals surface area (Å²) in [5.74, 6) is -8.62. The van der Waals surface area contributed by atoms with Gasteiger partial charge in [0.15, 0.2) is 0 Å². The molecule has 0 spiro atoms. The first-order valence-electron chi connectivity index (χ1n) is 8.12. The zero-order valence-corrected chi connectivity index (χ0v) is 15.8. The van der Waals surface area contributed by atoms with Crippen LogP contribution in [-0.2, 0) is 17.8 Å². The number of amides is 1. The van der Waals surface area contributed by atoms with E-state index >= 15 is 0 Å². The summed E-state index contributed by atoms with van der Waals surface area (Å²) in [5.41, 5.74) is 1.78. The third kappa shape index (κ3) is 5.50. The minimum absolute atomic E-state index is 0.0556. The van der Waals surface area contributed by atoms with Gasteiger partial charge in [-0.2, -0.15) is 17.6 Å². The summed E-state index contributed by atoms with van der Waals surface area (Å²) >= 11 is 0. The molecule has 146 valence electrons. The Hall–Kier alpha value is -1.98. The van der Waals surface area contributed by atoms with Crippen LogP contribution in [0.25, 0.3) is 0 Å². The van der Waals surface area contributed by atoms with Gasteiger partial charge in [-0.05, 0) is 35.4 Å². The Morgan fingerprint density at radius 3 is 2.04 bits per heavy atom. The van der Waals surface area contributed by atoms with Crippen molar-refractivity contribution in [1.29, 1.82) is 0 Å². The van der Waals surface area contributed by atoms with Crippen molar-refractivity contribution in [2.75, 3.05) is 18.6 Å². The number of alkyl halides is 4. The van der Waals surface area contributed by atoms with Crippen molar-refractivity contribution in [2.24, 2.45) is 0 Å². The summed E-state index contributed by atoms with van der Waals surface area (Å²) < 4.78 is 58.9. The molecule has 2 aromatic rings. The van der Waals surface area contributed by atoms with Crippen LogP contribution in [0, 0.1) is 0 Å². The maximum absolute atomic E-state index is 13.7. The molecule has 0 fully saturated rings. The zero-order chi connectivity index (χ0) is 20.1. The minimum Gasteiger partial charge on any atom is -0.380 e. The van der Waals surface area contributed by atoms with Gasteiger partial charge >= 0.3 is 11.8 Å². The topological polar surface area (TPSA) is 38.3 Å². The highest BCUT2D eigenvalue weighted by Crippen LogP contribution is 2.38. The highest BCUT2D eigenvalue weighted by Gasteiger charge is 2.54. The normalized spacial score (nSPS) is 12.1. The number of benzene rings is 2. The Balaban J connectivity index is 2.02. The van der Waals surface area contributed by atoms with E-state index in [1.165, 1.54) is 24.3 Å². The number of anilines is 1. The summed E-state index contributed by atoms with van der Waals surface area (Å²) in [7, 11) is 3.21. The van der Waals surface area contributed by atoms with Crippen molar-refractivity contribution in [3.8, 4) is 0 Å². The second-order valence-electron chi connectivity index (χ2n) is 6.07. The van der Waals surface area contributed by atoms with Crippen molar-refractivity contribution in [3.63, 3.8) is 0 Å². The van der Waals surface area contributed by atoms with Gasteiger partial charge in [0.25, 0.3) is 5.91 Å². The highest BCUT2D eigenvalue weighted by molar-refractivity contribution is 7.16. The lowest BCUT2D eigenvalue weighted by molar-refractivity contribution is -0.193. The number of carbonyl (C=O) groups excluding carboxylic acids is 1. The number of nitrogens with one attached hydrogen (secondary N) is 1. The lowest BCUT2D eigenvalue weighted by Crippen LogP contribution is -2.43. The van der Waals surface area contributed by atoms with Gasteiger partial charge in [0.1, 0.15) is 0 Å². The molecule has 0 aliphatic rings. The molecule has 0 saturated carbocycles. The highest BCUT2D eigenvalue weighted by atomic mass is 31.0. The molecule has 1 amide bonds. The first kappa shape index (κ1) is 21.3. The van der Waals surface area contributed by atoms with Crippen LogP contribution in [0.3, 0.4) is 0 Å². The molecule has 1 atom stereocenters. The van der Waals surface area contributed by atoms with E-state index in [0.29, 0.717) is 17.9 Å². The molecular formula is C19H20F4NO2P.